The molecule has 0 saturated heterocycles. The Hall–Kier alpha value is -1.48. The molecule has 0 aliphatic rings. The maximum absolute atomic E-state index is 6.00. The highest BCUT2D eigenvalue weighted by atomic mass is 79.9. The first kappa shape index (κ1) is 13.0. The number of halogens is 1. The molecule has 0 unspecified atom stereocenters. The Labute approximate surface area is 116 Å². The van der Waals surface area contributed by atoms with Gasteiger partial charge >= 0.3 is 0 Å². The lowest BCUT2D eigenvalue weighted by molar-refractivity contribution is 0.471. The minimum Gasteiger partial charge on any atom is -0.456 e. The zero-order chi connectivity index (χ0) is 13.3. The Bertz CT molecular complexity index is 593. The van der Waals surface area contributed by atoms with Crippen LogP contribution in [-0.4, -0.2) is 0 Å². The smallest absolute Gasteiger partial charge is 0.141 e. The first-order valence-corrected chi connectivity index (χ1v) is 6.58. The van der Waals surface area contributed by atoms with Gasteiger partial charge in [0.05, 0.1) is 4.47 Å². The Balaban J connectivity index is 2.43. The number of nitrogen functional groups attached to an aromatic ring is 1. The molecular weight excluding hydrogens is 290 g/mol. The maximum Gasteiger partial charge on any atom is 0.141 e. The van der Waals surface area contributed by atoms with Gasteiger partial charge in [-0.15, -0.1) is 0 Å². The third-order valence-corrected chi connectivity index (χ3v) is 3.66. The van der Waals surface area contributed by atoms with Crippen molar-refractivity contribution in [3.05, 3.63) is 51.5 Å². The summed E-state index contributed by atoms with van der Waals surface area (Å²) in [4.78, 5) is 0. The molecule has 0 atom stereocenters. The van der Waals surface area contributed by atoms with Gasteiger partial charge in [-0.1, -0.05) is 12.1 Å². The monoisotopic (exact) mass is 305 g/mol. The van der Waals surface area contributed by atoms with Crippen molar-refractivity contribution in [3.63, 3.8) is 0 Å². The average molecular weight is 306 g/mol. The molecule has 0 fully saturated rings. The van der Waals surface area contributed by atoms with E-state index >= 15 is 0 Å². The van der Waals surface area contributed by atoms with Crippen LogP contribution in [0.1, 0.15) is 16.7 Å². The molecule has 0 bridgehead atoms. The molecule has 2 aromatic rings. The van der Waals surface area contributed by atoms with Crippen LogP contribution >= 0.6 is 15.9 Å². The fourth-order valence-electron chi connectivity index (χ4n) is 1.79. The zero-order valence-corrected chi connectivity index (χ0v) is 12.3. The molecule has 2 N–H and O–H groups in total. The van der Waals surface area contributed by atoms with E-state index in [9.17, 15) is 0 Å². The van der Waals surface area contributed by atoms with Gasteiger partial charge < -0.3 is 10.5 Å². The number of benzene rings is 2. The quantitative estimate of drug-likeness (QED) is 0.813. The molecule has 0 heterocycles. The van der Waals surface area contributed by atoms with Crippen LogP contribution in [0.3, 0.4) is 0 Å². The molecule has 0 aromatic heterocycles. The van der Waals surface area contributed by atoms with E-state index in [0.29, 0.717) is 5.69 Å². The van der Waals surface area contributed by atoms with Crippen molar-refractivity contribution in [2.45, 2.75) is 20.8 Å². The molecule has 18 heavy (non-hydrogen) atoms. The topological polar surface area (TPSA) is 35.2 Å². The van der Waals surface area contributed by atoms with Crippen LogP contribution in [-0.2, 0) is 0 Å². The lowest BCUT2D eigenvalue weighted by Gasteiger charge is -2.14. The van der Waals surface area contributed by atoms with Crippen LogP contribution in [0.2, 0.25) is 0 Å². The highest BCUT2D eigenvalue weighted by molar-refractivity contribution is 9.10. The Morgan fingerprint density at radius 3 is 2.33 bits per heavy atom. The SMILES string of the molecule is Cc1ccc(C)c(Oc2ccc(N)cc2Br)c1C. The standard InChI is InChI=1S/C15H16BrNO/c1-9-4-5-10(2)15(11(9)3)18-14-7-6-12(17)8-13(14)16/h4-8H,17H2,1-3H3. The van der Waals surface area contributed by atoms with Crippen LogP contribution in [0, 0.1) is 20.8 Å². The van der Waals surface area contributed by atoms with Gasteiger partial charge in [-0.25, -0.2) is 0 Å². The summed E-state index contributed by atoms with van der Waals surface area (Å²) in [5.74, 6) is 1.70. The molecule has 0 amide bonds. The second-order valence-corrected chi connectivity index (χ2v) is 5.30. The van der Waals surface area contributed by atoms with Crippen molar-refractivity contribution in [1.29, 1.82) is 0 Å². The van der Waals surface area contributed by atoms with Crippen LogP contribution in [0.15, 0.2) is 34.8 Å². The van der Waals surface area contributed by atoms with E-state index in [1.54, 1.807) is 0 Å². The minimum atomic E-state index is 0.715. The Morgan fingerprint density at radius 1 is 1.00 bits per heavy atom. The Morgan fingerprint density at radius 2 is 1.67 bits per heavy atom. The summed E-state index contributed by atoms with van der Waals surface area (Å²) < 4.78 is 6.87. The van der Waals surface area contributed by atoms with Gasteiger partial charge in [-0.2, -0.15) is 0 Å². The highest BCUT2D eigenvalue weighted by Crippen LogP contribution is 2.35. The molecule has 94 valence electrons. The molecule has 0 saturated carbocycles. The molecule has 2 rings (SSSR count). The minimum absolute atomic E-state index is 0.715. The molecule has 3 heteroatoms. The van der Waals surface area contributed by atoms with E-state index in [0.717, 1.165) is 21.5 Å². The van der Waals surface area contributed by atoms with E-state index in [2.05, 4.69) is 41.9 Å². The molecule has 2 nitrogen and oxygen atoms in total. The first-order chi connectivity index (χ1) is 8.49. The molecule has 0 aliphatic carbocycles. The lowest BCUT2D eigenvalue weighted by atomic mass is 10.1. The molecule has 0 radical (unpaired) electrons. The van der Waals surface area contributed by atoms with Crippen molar-refractivity contribution in [2.24, 2.45) is 0 Å². The maximum atomic E-state index is 6.00. The highest BCUT2D eigenvalue weighted by Gasteiger charge is 2.09. The Kier molecular flexibility index (Phi) is 3.62. The van der Waals surface area contributed by atoms with Gasteiger partial charge in [0.25, 0.3) is 0 Å². The van der Waals surface area contributed by atoms with Gasteiger partial charge in [-0.3, -0.25) is 0 Å². The summed E-state index contributed by atoms with van der Waals surface area (Å²) in [5, 5.41) is 0. The molecular formula is C15H16BrNO. The number of anilines is 1. The van der Waals surface area contributed by atoms with Crippen LogP contribution in [0.4, 0.5) is 5.69 Å². The summed E-state index contributed by atoms with van der Waals surface area (Å²) in [5.41, 5.74) is 9.95. The van der Waals surface area contributed by atoms with E-state index < -0.39 is 0 Å². The summed E-state index contributed by atoms with van der Waals surface area (Å²) >= 11 is 3.47. The van der Waals surface area contributed by atoms with Crippen LogP contribution in [0.5, 0.6) is 11.5 Å². The fraction of sp³-hybridized carbons (Fsp3) is 0.200. The predicted molar refractivity (Wildman–Crippen MR) is 79.3 cm³/mol. The molecule has 0 spiro atoms. The van der Waals surface area contributed by atoms with Crippen molar-refractivity contribution in [3.8, 4) is 11.5 Å². The van der Waals surface area contributed by atoms with Gasteiger partial charge in [-0.05, 0) is 71.6 Å². The largest absolute Gasteiger partial charge is 0.456 e. The van der Waals surface area contributed by atoms with E-state index in [1.165, 1.54) is 11.1 Å². The fourth-order valence-corrected chi connectivity index (χ4v) is 2.27. The number of hydrogen-bond acceptors (Lipinski definition) is 2. The number of rotatable bonds is 2. The number of nitrogens with two attached hydrogens (primary N) is 1. The first-order valence-electron chi connectivity index (χ1n) is 5.78. The predicted octanol–water partition coefficient (Wildman–Crippen LogP) is 4.75. The normalized spacial score (nSPS) is 10.4. The zero-order valence-electron chi connectivity index (χ0n) is 10.8. The number of hydrogen-bond donors (Lipinski definition) is 1. The summed E-state index contributed by atoms with van der Waals surface area (Å²) in [6.45, 7) is 6.20. The molecule has 0 aliphatic heterocycles. The van der Waals surface area contributed by atoms with Gasteiger partial charge in [0, 0.05) is 5.69 Å². The number of aryl methyl sites for hydroxylation is 2. The average Bonchev–Trinajstić information content (AvgIpc) is 2.32. The van der Waals surface area contributed by atoms with E-state index in [-0.39, 0.29) is 0 Å². The summed E-state index contributed by atoms with van der Waals surface area (Å²) in [6, 6.07) is 9.73. The summed E-state index contributed by atoms with van der Waals surface area (Å²) in [7, 11) is 0. The number of ether oxygens (including phenoxy) is 1. The third-order valence-electron chi connectivity index (χ3n) is 3.04. The van der Waals surface area contributed by atoms with Gasteiger partial charge in [0.1, 0.15) is 11.5 Å². The second-order valence-electron chi connectivity index (χ2n) is 4.45. The van der Waals surface area contributed by atoms with Crippen LogP contribution in [0.25, 0.3) is 0 Å². The van der Waals surface area contributed by atoms with Crippen LogP contribution < -0.4 is 10.5 Å². The lowest BCUT2D eigenvalue weighted by Crippen LogP contribution is -1.94. The molecule has 2 aromatic carbocycles. The van der Waals surface area contributed by atoms with Crippen molar-refractivity contribution in [1.82, 2.24) is 0 Å². The third kappa shape index (κ3) is 2.51. The summed E-state index contributed by atoms with van der Waals surface area (Å²) in [6.07, 6.45) is 0. The van der Waals surface area contributed by atoms with Gasteiger partial charge in [0.2, 0.25) is 0 Å². The van der Waals surface area contributed by atoms with E-state index in [4.69, 9.17) is 10.5 Å². The van der Waals surface area contributed by atoms with Crippen molar-refractivity contribution >= 4 is 21.6 Å². The van der Waals surface area contributed by atoms with E-state index in [1.807, 2.05) is 25.1 Å². The van der Waals surface area contributed by atoms with Crippen molar-refractivity contribution in [2.75, 3.05) is 5.73 Å². The van der Waals surface area contributed by atoms with Gasteiger partial charge in [0.15, 0.2) is 0 Å². The van der Waals surface area contributed by atoms with Crippen molar-refractivity contribution < 1.29 is 4.74 Å². The second kappa shape index (κ2) is 5.02.